The van der Waals surface area contributed by atoms with Crippen molar-refractivity contribution < 1.29 is 19.4 Å². The maximum Gasteiger partial charge on any atom is 0.335 e. The number of carbonyl (C=O) groups is 2. The summed E-state index contributed by atoms with van der Waals surface area (Å²) in [6, 6.07) is 4.19. The van der Waals surface area contributed by atoms with Crippen LogP contribution < -0.4 is 5.32 Å². The van der Waals surface area contributed by atoms with Gasteiger partial charge in [0.1, 0.15) is 0 Å². The van der Waals surface area contributed by atoms with Crippen LogP contribution in [0.15, 0.2) is 18.2 Å². The highest BCUT2D eigenvalue weighted by Crippen LogP contribution is 2.24. The van der Waals surface area contributed by atoms with E-state index >= 15 is 0 Å². The number of hydrogen-bond acceptors (Lipinski definition) is 4. The number of hydrogen-bond donors (Lipinski definition) is 2. The lowest BCUT2D eigenvalue weighted by Crippen LogP contribution is -2.32. The summed E-state index contributed by atoms with van der Waals surface area (Å²) in [5.41, 5.74) is 0.400. The molecule has 0 radical (unpaired) electrons. The minimum atomic E-state index is -1.06. The summed E-state index contributed by atoms with van der Waals surface area (Å²) < 4.78 is 5.01. The summed E-state index contributed by atoms with van der Waals surface area (Å²) >= 11 is 7.42. The van der Waals surface area contributed by atoms with Crippen LogP contribution in [0.4, 0.5) is 5.69 Å². The Bertz CT molecular complexity index is 505. The molecule has 7 heteroatoms. The van der Waals surface area contributed by atoms with Crippen LogP contribution >= 0.6 is 23.4 Å². The third-order valence-corrected chi connectivity index (χ3v) is 4.05. The number of ether oxygens (including phenoxy) is 1. The molecule has 0 bridgehead atoms. The van der Waals surface area contributed by atoms with E-state index in [0.717, 1.165) is 0 Å². The summed E-state index contributed by atoms with van der Waals surface area (Å²) in [4.78, 5) is 22.5. The Labute approximate surface area is 119 Å². The number of thioether (sulfide) groups is 1. The number of benzene rings is 1. The van der Waals surface area contributed by atoms with Crippen molar-refractivity contribution in [2.75, 3.05) is 24.3 Å². The zero-order chi connectivity index (χ0) is 13.8. The quantitative estimate of drug-likeness (QED) is 0.871. The minimum Gasteiger partial charge on any atom is -0.478 e. The lowest BCUT2D eigenvalue weighted by molar-refractivity contribution is -0.113. The van der Waals surface area contributed by atoms with E-state index in [1.165, 1.54) is 30.0 Å². The van der Waals surface area contributed by atoms with Crippen molar-refractivity contribution in [3.63, 3.8) is 0 Å². The fourth-order valence-electron chi connectivity index (χ4n) is 1.44. The number of amides is 1. The Hall–Kier alpha value is -1.24. The van der Waals surface area contributed by atoms with Crippen LogP contribution in [0, 0.1) is 0 Å². The van der Waals surface area contributed by atoms with Gasteiger partial charge in [0.25, 0.3) is 0 Å². The highest BCUT2D eigenvalue weighted by molar-refractivity contribution is 8.00. The van der Waals surface area contributed by atoms with Gasteiger partial charge in [-0.2, -0.15) is 0 Å². The van der Waals surface area contributed by atoms with Crippen molar-refractivity contribution in [2.45, 2.75) is 5.25 Å². The number of nitrogens with one attached hydrogen (secondary N) is 1. The number of aromatic carboxylic acids is 1. The molecule has 0 atom stereocenters. The van der Waals surface area contributed by atoms with Crippen LogP contribution in [0.3, 0.4) is 0 Å². The highest BCUT2D eigenvalue weighted by Gasteiger charge is 2.20. The van der Waals surface area contributed by atoms with Gasteiger partial charge < -0.3 is 15.2 Å². The van der Waals surface area contributed by atoms with Gasteiger partial charge in [0.2, 0.25) is 5.91 Å². The highest BCUT2D eigenvalue weighted by atomic mass is 35.5. The number of carboxylic acid groups (broad SMARTS) is 1. The first-order chi connectivity index (χ1) is 9.06. The van der Waals surface area contributed by atoms with Crippen LogP contribution in [0.1, 0.15) is 10.4 Å². The van der Waals surface area contributed by atoms with E-state index in [9.17, 15) is 9.59 Å². The molecular formula is C12H12ClNO4S. The molecule has 2 rings (SSSR count). The maximum atomic E-state index is 11.7. The van der Waals surface area contributed by atoms with Crippen LogP contribution in [0.2, 0.25) is 5.02 Å². The number of halogens is 1. The first kappa shape index (κ1) is 14.2. The molecule has 1 aliphatic heterocycles. The van der Waals surface area contributed by atoms with Crippen LogP contribution in [0.5, 0.6) is 0 Å². The molecule has 102 valence electrons. The van der Waals surface area contributed by atoms with Crippen molar-refractivity contribution in [1.29, 1.82) is 0 Å². The lowest BCUT2D eigenvalue weighted by atomic mass is 10.2. The average molecular weight is 302 g/mol. The molecule has 1 saturated heterocycles. The molecule has 1 fully saturated rings. The van der Waals surface area contributed by atoms with E-state index in [1.54, 1.807) is 0 Å². The van der Waals surface area contributed by atoms with Crippen LogP contribution in [-0.4, -0.2) is 41.2 Å². The van der Waals surface area contributed by atoms with Crippen molar-refractivity contribution >= 4 is 40.9 Å². The third kappa shape index (κ3) is 3.86. The standard InChI is InChI=1S/C12H12ClNO4S/c13-9-2-1-7(12(16)17)3-10(9)14-11(15)6-19-8-4-18-5-8/h1-3,8H,4-6H2,(H,14,15)(H,16,17). The van der Waals surface area contributed by atoms with E-state index in [1.807, 2.05) is 0 Å². The zero-order valence-corrected chi connectivity index (χ0v) is 11.5. The summed E-state index contributed by atoms with van der Waals surface area (Å²) in [5, 5.41) is 12.2. The molecule has 2 N–H and O–H groups in total. The molecule has 1 aliphatic rings. The summed E-state index contributed by atoms with van der Waals surface area (Å²) in [6.07, 6.45) is 0. The average Bonchev–Trinajstić information content (AvgIpc) is 2.29. The first-order valence-electron chi connectivity index (χ1n) is 5.58. The number of carboxylic acids is 1. The monoisotopic (exact) mass is 301 g/mol. The van der Waals surface area contributed by atoms with Crippen LogP contribution in [0.25, 0.3) is 0 Å². The molecule has 0 unspecified atom stereocenters. The van der Waals surface area contributed by atoms with Gasteiger partial charge in [-0.1, -0.05) is 11.6 Å². The number of rotatable bonds is 5. The van der Waals surface area contributed by atoms with Gasteiger partial charge in [-0.05, 0) is 18.2 Å². The maximum absolute atomic E-state index is 11.7. The Kier molecular flexibility index (Phi) is 4.68. The van der Waals surface area contributed by atoms with E-state index in [2.05, 4.69) is 5.32 Å². The van der Waals surface area contributed by atoms with Gasteiger partial charge in [-0.15, -0.1) is 11.8 Å². The molecule has 0 aliphatic carbocycles. The molecule has 0 saturated carbocycles. The normalized spacial score (nSPS) is 14.8. The molecule has 0 spiro atoms. The summed E-state index contributed by atoms with van der Waals surface area (Å²) in [5.74, 6) is -0.976. The molecule has 1 heterocycles. The molecular weight excluding hydrogens is 290 g/mol. The second-order valence-corrected chi connectivity index (χ2v) is 5.71. The molecule has 1 aromatic carbocycles. The van der Waals surface area contributed by atoms with Gasteiger partial charge in [0, 0.05) is 0 Å². The van der Waals surface area contributed by atoms with E-state index < -0.39 is 5.97 Å². The second kappa shape index (κ2) is 6.27. The molecule has 19 heavy (non-hydrogen) atoms. The molecule has 0 aromatic heterocycles. The third-order valence-electron chi connectivity index (χ3n) is 2.55. The Morgan fingerprint density at radius 2 is 2.21 bits per heavy atom. The predicted molar refractivity (Wildman–Crippen MR) is 74.1 cm³/mol. The Balaban J connectivity index is 1.94. The minimum absolute atomic E-state index is 0.0831. The fraction of sp³-hybridized carbons (Fsp3) is 0.333. The topological polar surface area (TPSA) is 75.6 Å². The van der Waals surface area contributed by atoms with E-state index in [0.29, 0.717) is 34.9 Å². The summed E-state index contributed by atoms with van der Waals surface area (Å²) in [7, 11) is 0. The van der Waals surface area contributed by atoms with Crippen molar-refractivity contribution in [3.05, 3.63) is 28.8 Å². The van der Waals surface area contributed by atoms with Crippen molar-refractivity contribution in [1.82, 2.24) is 0 Å². The van der Waals surface area contributed by atoms with E-state index in [-0.39, 0.29) is 11.5 Å². The van der Waals surface area contributed by atoms with Crippen LogP contribution in [-0.2, 0) is 9.53 Å². The fourth-order valence-corrected chi connectivity index (χ4v) is 2.45. The van der Waals surface area contributed by atoms with E-state index in [4.69, 9.17) is 21.4 Å². The molecule has 1 aromatic rings. The SMILES string of the molecule is O=C(CSC1COC1)Nc1cc(C(=O)O)ccc1Cl. The molecule has 5 nitrogen and oxygen atoms in total. The Morgan fingerprint density at radius 3 is 2.79 bits per heavy atom. The smallest absolute Gasteiger partial charge is 0.335 e. The van der Waals surface area contributed by atoms with Gasteiger partial charge in [-0.3, -0.25) is 4.79 Å². The largest absolute Gasteiger partial charge is 0.478 e. The number of carbonyl (C=O) groups excluding carboxylic acids is 1. The zero-order valence-electron chi connectivity index (χ0n) is 9.89. The van der Waals surface area contributed by atoms with Gasteiger partial charge in [-0.25, -0.2) is 4.79 Å². The first-order valence-corrected chi connectivity index (χ1v) is 7.01. The van der Waals surface area contributed by atoms with Gasteiger partial charge >= 0.3 is 5.97 Å². The lowest BCUT2D eigenvalue weighted by Gasteiger charge is -2.24. The number of anilines is 1. The molecule has 1 amide bonds. The Morgan fingerprint density at radius 1 is 1.47 bits per heavy atom. The van der Waals surface area contributed by atoms with Crippen molar-refractivity contribution in [2.24, 2.45) is 0 Å². The second-order valence-electron chi connectivity index (χ2n) is 4.02. The summed E-state index contributed by atoms with van der Waals surface area (Å²) in [6.45, 7) is 1.35. The predicted octanol–water partition coefficient (Wildman–Crippen LogP) is 2.11. The van der Waals surface area contributed by atoms with Crippen molar-refractivity contribution in [3.8, 4) is 0 Å². The van der Waals surface area contributed by atoms with Gasteiger partial charge in [0.15, 0.2) is 0 Å². The van der Waals surface area contributed by atoms with Gasteiger partial charge in [0.05, 0.1) is 40.5 Å².